The van der Waals surface area contributed by atoms with Crippen LogP contribution in [0.25, 0.3) is 22.3 Å². The van der Waals surface area contributed by atoms with Gasteiger partial charge in [0.05, 0.1) is 24.2 Å². The van der Waals surface area contributed by atoms with Crippen LogP contribution in [0.1, 0.15) is 12.5 Å². The van der Waals surface area contributed by atoms with E-state index >= 15 is 0 Å². The molecule has 1 heterocycles. The van der Waals surface area contributed by atoms with E-state index in [-0.39, 0.29) is 17.1 Å². The lowest BCUT2D eigenvalue weighted by molar-refractivity contribution is -0.132. The molecule has 160 valence electrons. The van der Waals surface area contributed by atoms with E-state index in [4.69, 9.17) is 21.1 Å². The third-order valence-electron chi connectivity index (χ3n) is 4.61. The van der Waals surface area contributed by atoms with E-state index in [0.29, 0.717) is 27.3 Å². The van der Waals surface area contributed by atoms with Gasteiger partial charge in [-0.05, 0) is 18.2 Å². The van der Waals surface area contributed by atoms with Crippen molar-refractivity contribution in [3.63, 3.8) is 0 Å². The molecule has 4 rings (SSSR count). The van der Waals surface area contributed by atoms with E-state index in [1.165, 1.54) is 31.0 Å². The highest BCUT2D eigenvalue weighted by molar-refractivity contribution is 6.31. The number of nitrogens with zero attached hydrogens (tertiary/aromatic N) is 3. The highest BCUT2D eigenvalue weighted by Gasteiger charge is 2.16. The third-order valence-corrected chi connectivity index (χ3v) is 4.83. The highest BCUT2D eigenvalue weighted by Crippen LogP contribution is 2.34. The van der Waals surface area contributed by atoms with E-state index in [0.717, 1.165) is 5.56 Å². The molecule has 0 aliphatic rings. The number of rotatable bonds is 5. The van der Waals surface area contributed by atoms with Crippen molar-refractivity contribution in [2.24, 2.45) is 5.10 Å². The Morgan fingerprint density at radius 3 is 2.53 bits per heavy atom. The summed E-state index contributed by atoms with van der Waals surface area (Å²) in [5, 5.41) is 5.18. The number of benzene rings is 3. The van der Waals surface area contributed by atoms with Crippen LogP contribution in [-0.2, 0) is 4.79 Å². The molecule has 3 aromatic carbocycles. The molecule has 0 spiro atoms. The molecule has 0 aliphatic heterocycles. The minimum atomic E-state index is -0.533. The van der Waals surface area contributed by atoms with Gasteiger partial charge in [0, 0.05) is 29.1 Å². The van der Waals surface area contributed by atoms with E-state index in [1.807, 2.05) is 36.4 Å². The maximum atomic E-state index is 13.3. The van der Waals surface area contributed by atoms with E-state index in [9.17, 15) is 9.59 Å². The molecule has 0 amide bonds. The van der Waals surface area contributed by atoms with Crippen molar-refractivity contribution in [1.29, 1.82) is 0 Å². The first kappa shape index (κ1) is 21.3. The molecule has 7 nitrogen and oxygen atoms in total. The molecule has 0 unspecified atom stereocenters. The summed E-state index contributed by atoms with van der Waals surface area (Å²) >= 11 is 6.19. The molecular weight excluding hydrogens is 430 g/mol. The Hall–Kier alpha value is -3.97. The molecule has 0 aliphatic carbocycles. The monoisotopic (exact) mass is 447 g/mol. The molecule has 0 fully saturated rings. The van der Waals surface area contributed by atoms with Gasteiger partial charge in [-0.25, -0.2) is 4.98 Å². The number of aromatic nitrogens is 2. The standard InChI is InChI=1S/C24H18ClN3O4/c1-15(29)32-22-17(12-18(25)13-21(22)31-2)14-26-28-23(16-8-4-3-5-9-16)27-20-11-7-6-10-19(20)24(28)30/h3-14H,1-2H3. The van der Waals surface area contributed by atoms with Crippen molar-refractivity contribution in [2.75, 3.05) is 7.11 Å². The maximum Gasteiger partial charge on any atom is 0.308 e. The molecule has 8 heteroatoms. The van der Waals surface area contributed by atoms with Gasteiger partial charge in [-0.2, -0.15) is 9.78 Å². The molecule has 0 bridgehead atoms. The zero-order valence-corrected chi connectivity index (χ0v) is 18.0. The Balaban J connectivity index is 1.94. The highest BCUT2D eigenvalue weighted by atomic mass is 35.5. The molecule has 0 radical (unpaired) electrons. The van der Waals surface area contributed by atoms with Crippen LogP contribution in [0.15, 0.2) is 76.6 Å². The quantitative estimate of drug-likeness (QED) is 0.255. The summed E-state index contributed by atoms with van der Waals surface area (Å²) in [7, 11) is 1.44. The topological polar surface area (TPSA) is 82.8 Å². The Labute approximate surface area is 188 Å². The van der Waals surface area contributed by atoms with Crippen molar-refractivity contribution >= 4 is 34.7 Å². The van der Waals surface area contributed by atoms with E-state index in [1.54, 1.807) is 24.3 Å². The van der Waals surface area contributed by atoms with Crippen molar-refractivity contribution in [3.05, 3.63) is 87.7 Å². The van der Waals surface area contributed by atoms with Crippen molar-refractivity contribution < 1.29 is 14.3 Å². The number of halogens is 1. The van der Waals surface area contributed by atoms with Gasteiger partial charge in [-0.15, -0.1) is 0 Å². The summed E-state index contributed by atoms with van der Waals surface area (Å²) in [5.74, 6) is 0.251. The summed E-state index contributed by atoms with van der Waals surface area (Å²) in [6.07, 6.45) is 1.39. The Bertz CT molecular complexity index is 1400. The fourth-order valence-electron chi connectivity index (χ4n) is 3.21. The summed E-state index contributed by atoms with van der Waals surface area (Å²) in [4.78, 5) is 29.5. The van der Waals surface area contributed by atoms with Crippen LogP contribution in [0.2, 0.25) is 5.02 Å². The lowest BCUT2D eigenvalue weighted by atomic mass is 10.2. The second-order valence-electron chi connectivity index (χ2n) is 6.80. The SMILES string of the molecule is COc1cc(Cl)cc(C=Nn2c(-c3ccccc3)nc3ccccc3c2=O)c1OC(C)=O. The zero-order chi connectivity index (χ0) is 22.7. The number of methoxy groups -OCH3 is 1. The van der Waals surface area contributed by atoms with Gasteiger partial charge in [0.15, 0.2) is 17.3 Å². The molecule has 0 saturated carbocycles. The largest absolute Gasteiger partial charge is 0.493 e. The summed E-state index contributed by atoms with van der Waals surface area (Å²) in [5.41, 5.74) is 1.31. The maximum absolute atomic E-state index is 13.3. The Morgan fingerprint density at radius 1 is 1.09 bits per heavy atom. The minimum Gasteiger partial charge on any atom is -0.493 e. The van der Waals surface area contributed by atoms with Gasteiger partial charge < -0.3 is 9.47 Å². The third kappa shape index (κ3) is 4.24. The van der Waals surface area contributed by atoms with Gasteiger partial charge in [0.1, 0.15) is 0 Å². The van der Waals surface area contributed by atoms with Crippen LogP contribution in [0.5, 0.6) is 11.5 Å². The fraction of sp³-hybridized carbons (Fsp3) is 0.0833. The first-order valence-electron chi connectivity index (χ1n) is 9.65. The average Bonchev–Trinajstić information content (AvgIpc) is 2.80. The van der Waals surface area contributed by atoms with Crippen LogP contribution in [0.4, 0.5) is 0 Å². The molecule has 4 aromatic rings. The van der Waals surface area contributed by atoms with Crippen molar-refractivity contribution in [1.82, 2.24) is 9.66 Å². The predicted octanol–water partition coefficient (Wildman–Crippen LogP) is 4.53. The van der Waals surface area contributed by atoms with Gasteiger partial charge in [0.25, 0.3) is 5.56 Å². The second-order valence-corrected chi connectivity index (χ2v) is 7.24. The Morgan fingerprint density at radius 2 is 1.81 bits per heavy atom. The lowest BCUT2D eigenvalue weighted by Crippen LogP contribution is -2.20. The lowest BCUT2D eigenvalue weighted by Gasteiger charge is -2.12. The summed E-state index contributed by atoms with van der Waals surface area (Å²) in [6.45, 7) is 1.28. The van der Waals surface area contributed by atoms with Crippen LogP contribution in [-0.4, -0.2) is 29.0 Å². The number of carbonyl (C=O) groups excluding carboxylic acids is 1. The number of hydrogen-bond acceptors (Lipinski definition) is 6. The zero-order valence-electron chi connectivity index (χ0n) is 17.3. The number of hydrogen-bond donors (Lipinski definition) is 0. The minimum absolute atomic E-state index is 0.149. The Kier molecular flexibility index (Phi) is 6.00. The number of esters is 1. The van der Waals surface area contributed by atoms with Crippen molar-refractivity contribution in [3.8, 4) is 22.9 Å². The van der Waals surface area contributed by atoms with Gasteiger partial charge in [-0.1, -0.05) is 54.1 Å². The van der Waals surface area contributed by atoms with Gasteiger partial charge in [-0.3, -0.25) is 9.59 Å². The van der Waals surface area contributed by atoms with Crippen LogP contribution in [0, 0.1) is 0 Å². The van der Waals surface area contributed by atoms with E-state index < -0.39 is 5.97 Å². The smallest absolute Gasteiger partial charge is 0.308 e. The number of ether oxygens (including phenoxy) is 2. The average molecular weight is 448 g/mol. The fourth-order valence-corrected chi connectivity index (χ4v) is 3.43. The molecule has 32 heavy (non-hydrogen) atoms. The number of carbonyl (C=O) groups is 1. The van der Waals surface area contributed by atoms with Crippen molar-refractivity contribution in [2.45, 2.75) is 6.92 Å². The van der Waals surface area contributed by atoms with E-state index in [2.05, 4.69) is 10.1 Å². The van der Waals surface area contributed by atoms with Crippen LogP contribution < -0.4 is 15.0 Å². The molecule has 0 N–H and O–H groups in total. The first-order chi connectivity index (χ1) is 15.5. The molecular formula is C24H18ClN3O4. The summed E-state index contributed by atoms with van der Waals surface area (Å²) in [6, 6.07) is 19.4. The number of para-hydroxylation sites is 1. The van der Waals surface area contributed by atoms with Gasteiger partial charge in [0.2, 0.25) is 0 Å². The predicted molar refractivity (Wildman–Crippen MR) is 124 cm³/mol. The normalized spacial score (nSPS) is 11.1. The number of fused-ring (bicyclic) bond motifs is 1. The molecule has 0 atom stereocenters. The summed E-state index contributed by atoms with van der Waals surface area (Å²) < 4.78 is 11.8. The second kappa shape index (κ2) is 9.03. The first-order valence-corrected chi connectivity index (χ1v) is 10.0. The molecule has 1 aromatic heterocycles. The van der Waals surface area contributed by atoms with Crippen LogP contribution >= 0.6 is 11.6 Å². The van der Waals surface area contributed by atoms with Crippen LogP contribution in [0.3, 0.4) is 0 Å². The molecule has 0 saturated heterocycles. The van der Waals surface area contributed by atoms with Gasteiger partial charge >= 0.3 is 5.97 Å².